The maximum atomic E-state index is 6.37. The molecule has 8 aromatic rings. The average molecular weight is 1610 g/mol. The summed E-state index contributed by atoms with van der Waals surface area (Å²) in [5, 5.41) is 1.14. The van der Waals surface area contributed by atoms with E-state index in [1.807, 2.05) is 109 Å². The van der Waals surface area contributed by atoms with Crippen LogP contribution >= 0.6 is 0 Å². The minimum atomic E-state index is -1.62. The Morgan fingerprint density at radius 3 is 1.03 bits per heavy atom. The van der Waals surface area contributed by atoms with Gasteiger partial charge in [0, 0.05) is 13.2 Å². The van der Waals surface area contributed by atoms with Crippen molar-refractivity contribution in [3.63, 3.8) is 0 Å². The number of hydrogen-bond acceptors (Lipinski definition) is 2. The van der Waals surface area contributed by atoms with Crippen LogP contribution in [0.25, 0.3) is 24.3 Å². The van der Waals surface area contributed by atoms with E-state index >= 15 is 0 Å². The normalized spacial score (nSPS) is 13.6. The van der Waals surface area contributed by atoms with Crippen LogP contribution < -0.4 is 18.9 Å². The van der Waals surface area contributed by atoms with E-state index in [1.165, 1.54) is 114 Å². The summed E-state index contributed by atoms with van der Waals surface area (Å²) < 4.78 is 12.2. The average Bonchev–Trinajstić information content (AvgIpc) is 0.845. The maximum absolute atomic E-state index is 6.37. The Labute approximate surface area is 730 Å². The van der Waals surface area contributed by atoms with Crippen LogP contribution in [0.1, 0.15) is 279 Å². The summed E-state index contributed by atoms with van der Waals surface area (Å²) in [6.07, 6.45) is 35.0. The molecule has 9 rings (SSSR count). The summed E-state index contributed by atoms with van der Waals surface area (Å²) in [4.78, 5) is 0. The molecule has 0 bridgehead atoms. The molecule has 6 atom stereocenters. The third-order valence-electron chi connectivity index (χ3n) is 24.0. The van der Waals surface area contributed by atoms with Gasteiger partial charge in [-0.15, -0.1) is 30.7 Å². The molecule has 116 heavy (non-hydrogen) atoms. The molecule has 1 aliphatic rings. The van der Waals surface area contributed by atoms with Crippen LogP contribution in [-0.4, -0.2) is 37.9 Å². The molecule has 1 aliphatic carbocycles. The summed E-state index contributed by atoms with van der Waals surface area (Å²) in [5.41, 5.74) is 14.8. The van der Waals surface area contributed by atoms with Gasteiger partial charge in [-0.05, 0) is 177 Å². The van der Waals surface area contributed by atoms with Gasteiger partial charge in [0.05, 0.1) is 8.07 Å². The van der Waals surface area contributed by atoms with Crippen molar-refractivity contribution in [1.29, 1.82) is 0 Å². The van der Waals surface area contributed by atoms with E-state index in [4.69, 9.17) is 8.85 Å². The van der Waals surface area contributed by atoms with Gasteiger partial charge in [-0.2, -0.15) is 18.1 Å². The molecule has 0 heterocycles. The van der Waals surface area contributed by atoms with Gasteiger partial charge in [-0.25, -0.2) is 0 Å². The third-order valence-corrected chi connectivity index (χ3v) is 38.7. The number of benzene rings is 8. The Balaban J connectivity index is 0.000000695. The first-order valence-electron chi connectivity index (χ1n) is 43.5. The van der Waals surface area contributed by atoms with Crippen molar-refractivity contribution < 1.29 is 27.7 Å². The molecule has 6 heteroatoms. The van der Waals surface area contributed by atoms with E-state index in [0.717, 1.165) is 43.6 Å². The van der Waals surface area contributed by atoms with Crippen LogP contribution in [-0.2, 0) is 8.85 Å². The van der Waals surface area contributed by atoms with Crippen LogP contribution in [0.2, 0.25) is 60.4 Å². The molecule has 0 N–H and O–H groups in total. The Morgan fingerprint density at radius 1 is 0.379 bits per heavy atom. The maximum Gasteiger partial charge on any atom is 1.00 e. The van der Waals surface area contributed by atoms with Gasteiger partial charge in [0.25, 0.3) is 0 Å². The molecule has 6 unspecified atom stereocenters. The van der Waals surface area contributed by atoms with Crippen LogP contribution in [0.5, 0.6) is 0 Å². The quantitative estimate of drug-likeness (QED) is 0.0245. The van der Waals surface area contributed by atoms with Gasteiger partial charge in [0.1, 0.15) is 0 Å². The van der Waals surface area contributed by atoms with Crippen LogP contribution in [0, 0.1) is 13.3 Å². The smallest absolute Gasteiger partial charge is 0.419 e. The summed E-state index contributed by atoms with van der Waals surface area (Å²) in [5.74, 6) is 3.93. The number of hydrogen-bond donors (Lipinski definition) is 0. The van der Waals surface area contributed by atoms with Crippen molar-refractivity contribution in [3.8, 4) is 0 Å². The zero-order valence-corrected chi connectivity index (χ0v) is 80.6. The van der Waals surface area contributed by atoms with Gasteiger partial charge in [-0.3, -0.25) is 0 Å². The zero-order valence-electron chi connectivity index (χ0n) is 77.6. The SMILES string of the molecule is C=Cc1ccc(C=C)cc1.C=Cc1ccccc1.C=Cc1ccccc1.CC(C)(C)[Si](C)(C)CCCCC(CC=C1C=CC=C[CH-]1)c1ccccc1.CC(CC(CCCCO[Si](C)(C)C(C)(C)C)c1ccccc1)c1ccccc1.CCC(C)c1ccc(C(C)CC)cc1.CCC(C)c1ccccc1.[CH2-]CCO[Si](C)(C)C(C)(C)C.[Li+]. The fourth-order valence-corrected chi connectivity index (χ4v) is 16.1. The standard InChI is InChI=1S/C26H40OSi.C25H37Si.C14H22.C10H14.C10H10.C9H21OSi.2C8H8.Li/c1-22(23-15-9-7-10-16-23)21-25(24-17-11-8-12-18-24)19-13-14-20-27-28(5,6)26(2,3)4;1-25(2,3)26(4,5)21-13-12-18-24(23-16-10-7-11-17-23)20-19-22-14-8-6-9-15-22;1-5-11(3)13-7-9-14(10-8-13)12(4)6-2;1-3-9(2)10-7-5-4-6-8-10;1-3-9-5-7-10(4-2)8-6-9;1-7-8-10-11(5,6)9(2,3)4;2*1-2-8-6-4-3-5-7-8;/h7-12,15-18,22,25H,13-14,19-21H2,1-6H3;6-11,14-17,19,24H,12-13,18,20-21H2,1-5H3;7-12H,5-6H2,1-4H3;4-9H,3H2,1-2H3;3-8H,1-2H2;1,7-8H2,2-6H3;2*2-7H,1H2;/q;-1;;;;-1;;;+1. The van der Waals surface area contributed by atoms with Crippen LogP contribution in [0.15, 0.2) is 293 Å². The summed E-state index contributed by atoms with van der Waals surface area (Å²) in [7, 11) is -4.22. The Kier molecular flexibility index (Phi) is 54.2. The molecule has 2 nitrogen and oxygen atoms in total. The first-order chi connectivity index (χ1) is 54.6. The minimum absolute atomic E-state index is 0. The molecule has 0 aromatic heterocycles. The summed E-state index contributed by atoms with van der Waals surface area (Å²) in [6.45, 7) is 71.3. The van der Waals surface area contributed by atoms with E-state index in [1.54, 1.807) is 0 Å². The van der Waals surface area contributed by atoms with E-state index in [9.17, 15) is 0 Å². The fraction of sp³-hybridized carbons (Fsp3) is 0.418. The van der Waals surface area contributed by atoms with E-state index in [0.29, 0.717) is 50.6 Å². The summed E-state index contributed by atoms with van der Waals surface area (Å²) >= 11 is 0. The molecule has 0 spiro atoms. The third kappa shape index (κ3) is 44.1. The van der Waals surface area contributed by atoms with Crippen molar-refractivity contribution in [1.82, 2.24) is 0 Å². The van der Waals surface area contributed by atoms with Gasteiger partial charge in [-0.1, -0.05) is 437 Å². The molecule has 0 aliphatic heterocycles. The van der Waals surface area contributed by atoms with E-state index in [-0.39, 0.29) is 18.9 Å². The van der Waals surface area contributed by atoms with Crippen molar-refractivity contribution in [3.05, 3.63) is 362 Å². The topological polar surface area (TPSA) is 18.5 Å². The Bertz CT molecular complexity index is 3780. The van der Waals surface area contributed by atoms with Crippen molar-refractivity contribution in [2.24, 2.45) is 0 Å². The molecular weight excluding hydrogens is 1440 g/mol. The molecule has 8 aromatic carbocycles. The van der Waals surface area contributed by atoms with Crippen LogP contribution in [0.4, 0.5) is 0 Å². The zero-order chi connectivity index (χ0) is 85.8. The number of allylic oxidation sites excluding steroid dienone is 6. The fourth-order valence-electron chi connectivity index (χ4n) is 12.0. The van der Waals surface area contributed by atoms with Gasteiger partial charge < -0.3 is 15.8 Å². The molecule has 0 radical (unpaired) electrons. The van der Waals surface area contributed by atoms with Crippen molar-refractivity contribution >= 4 is 49.0 Å². The predicted octanol–water partition coefficient (Wildman–Crippen LogP) is 32.0. The van der Waals surface area contributed by atoms with Crippen molar-refractivity contribution in [2.75, 3.05) is 13.2 Å². The molecule has 0 saturated heterocycles. The molecule has 0 saturated carbocycles. The largest absolute Gasteiger partial charge is 1.00 e. The monoisotopic (exact) mass is 1600 g/mol. The second-order valence-corrected chi connectivity index (χ2v) is 51.3. The van der Waals surface area contributed by atoms with Crippen LogP contribution in [0.3, 0.4) is 0 Å². The number of unbranched alkanes of at least 4 members (excludes halogenated alkanes) is 2. The molecule has 0 amide bonds. The van der Waals surface area contributed by atoms with Gasteiger partial charge in [0.15, 0.2) is 16.6 Å². The second kappa shape index (κ2) is 58.8. The first kappa shape index (κ1) is 107. The Morgan fingerprint density at radius 2 is 0.698 bits per heavy atom. The van der Waals surface area contributed by atoms with Gasteiger partial charge in [0.2, 0.25) is 0 Å². The number of rotatable bonds is 31. The van der Waals surface area contributed by atoms with Crippen molar-refractivity contribution in [2.45, 2.75) is 284 Å². The summed E-state index contributed by atoms with van der Waals surface area (Å²) in [6, 6.07) is 82.5. The van der Waals surface area contributed by atoms with Gasteiger partial charge >= 0.3 is 18.9 Å². The molecule has 626 valence electrons. The molecular formula is C110H160LiO2Si3-. The Hall–Kier alpha value is -7.02. The predicted molar refractivity (Wildman–Crippen MR) is 528 cm³/mol. The second-order valence-electron chi connectivity index (χ2n) is 35.9. The molecule has 0 fully saturated rings. The minimum Gasteiger partial charge on any atom is -0.419 e. The van der Waals surface area contributed by atoms with E-state index < -0.39 is 24.7 Å². The first-order valence-corrected chi connectivity index (χ1v) is 52.5. The van der Waals surface area contributed by atoms with E-state index in [2.05, 4.69) is 366 Å².